The monoisotopic (exact) mass is 777 g/mol. The Kier molecular flexibility index (Phi) is 9.08. The molecule has 4 saturated heterocycles. The van der Waals surface area contributed by atoms with Crippen molar-refractivity contribution in [2.75, 3.05) is 0 Å². The van der Waals surface area contributed by atoms with Gasteiger partial charge in [0.15, 0.2) is 0 Å². The quantitative estimate of drug-likeness (QED) is 0.263. The van der Waals surface area contributed by atoms with Crippen LogP contribution < -0.4 is 0 Å². The van der Waals surface area contributed by atoms with Crippen molar-refractivity contribution in [1.82, 2.24) is 9.80 Å². The lowest BCUT2D eigenvalue weighted by molar-refractivity contribution is -0.177. The molecular formula is C54H68N2O2. The largest absolute Gasteiger partial charge is 0.372 e. The Morgan fingerprint density at radius 2 is 0.845 bits per heavy atom. The Bertz CT molecular complexity index is 1850. The first-order chi connectivity index (χ1) is 28.7. The summed E-state index contributed by atoms with van der Waals surface area (Å²) >= 11 is 0. The van der Waals surface area contributed by atoms with E-state index < -0.39 is 0 Å². The van der Waals surface area contributed by atoms with Crippen LogP contribution in [0.25, 0.3) is 22.3 Å². The van der Waals surface area contributed by atoms with E-state index in [0.717, 1.165) is 35.8 Å². The molecule has 58 heavy (non-hydrogen) atoms. The van der Waals surface area contributed by atoms with Crippen molar-refractivity contribution in [3.63, 3.8) is 0 Å². The number of hydrogen-bond donors (Lipinski definition) is 0. The highest BCUT2D eigenvalue weighted by molar-refractivity contribution is 5.84. The Morgan fingerprint density at radius 1 is 0.379 bits per heavy atom. The van der Waals surface area contributed by atoms with Crippen LogP contribution in [0.2, 0.25) is 0 Å². The van der Waals surface area contributed by atoms with Gasteiger partial charge in [-0.2, -0.15) is 0 Å². The summed E-state index contributed by atoms with van der Waals surface area (Å²) in [4.78, 5) is 6.25. The van der Waals surface area contributed by atoms with Gasteiger partial charge in [-0.25, -0.2) is 0 Å². The maximum Gasteiger partial charge on any atom is 0.0737 e. The Morgan fingerprint density at radius 3 is 1.34 bits per heavy atom. The second kappa shape index (κ2) is 14.6. The van der Waals surface area contributed by atoms with Gasteiger partial charge in [0.2, 0.25) is 0 Å². The number of nitrogens with zero attached hydrogens (tertiary/aromatic N) is 2. The number of rotatable bonds is 4. The number of benzene rings is 3. The van der Waals surface area contributed by atoms with E-state index in [1.54, 1.807) is 11.1 Å². The van der Waals surface area contributed by atoms with Gasteiger partial charge in [-0.15, -0.1) is 0 Å². The number of fused-ring (bicyclic) bond motifs is 10. The third-order valence-electron chi connectivity index (χ3n) is 19.0. The molecule has 4 heterocycles. The van der Waals surface area contributed by atoms with Crippen molar-refractivity contribution in [2.45, 2.75) is 201 Å². The molecule has 0 amide bonds. The zero-order chi connectivity index (χ0) is 37.9. The Hall–Kier alpha value is -2.50. The van der Waals surface area contributed by atoms with E-state index in [1.165, 1.54) is 151 Å². The summed E-state index contributed by atoms with van der Waals surface area (Å²) in [5, 5.41) is 0. The van der Waals surface area contributed by atoms with Gasteiger partial charge >= 0.3 is 0 Å². The van der Waals surface area contributed by atoms with Crippen LogP contribution in [0.4, 0.5) is 0 Å². The predicted octanol–water partition coefficient (Wildman–Crippen LogP) is 11.9. The smallest absolute Gasteiger partial charge is 0.0737 e. The first-order valence-corrected chi connectivity index (χ1v) is 24.9. The molecule has 306 valence electrons. The van der Waals surface area contributed by atoms with Crippen LogP contribution in [0.5, 0.6) is 0 Å². The van der Waals surface area contributed by atoms with E-state index >= 15 is 0 Å². The average Bonchev–Trinajstić information content (AvgIpc) is 3.81. The topological polar surface area (TPSA) is 24.9 Å². The summed E-state index contributed by atoms with van der Waals surface area (Å²) in [6.07, 6.45) is 29.3. The number of morpholine rings is 2. The molecule has 4 aliphatic heterocycles. The van der Waals surface area contributed by atoms with Crippen molar-refractivity contribution in [3.8, 4) is 22.3 Å². The summed E-state index contributed by atoms with van der Waals surface area (Å²) in [6.45, 7) is 0. The van der Waals surface area contributed by atoms with Crippen LogP contribution in [-0.2, 0) is 9.47 Å². The van der Waals surface area contributed by atoms with Crippen LogP contribution >= 0.6 is 0 Å². The van der Waals surface area contributed by atoms with Crippen molar-refractivity contribution < 1.29 is 9.47 Å². The maximum atomic E-state index is 6.96. The maximum absolute atomic E-state index is 6.96. The molecule has 0 bridgehead atoms. The molecule has 0 aromatic heterocycles. The lowest BCUT2D eigenvalue weighted by Gasteiger charge is -2.53. The molecule has 4 heteroatoms. The molecule has 6 saturated carbocycles. The summed E-state index contributed by atoms with van der Waals surface area (Å²) in [5.41, 5.74) is 8.77. The fraction of sp³-hybridized carbons (Fsp3) is 0.667. The average molecular weight is 777 g/mol. The van der Waals surface area contributed by atoms with E-state index in [1.807, 2.05) is 0 Å². The third kappa shape index (κ3) is 5.72. The van der Waals surface area contributed by atoms with Gasteiger partial charge in [0.25, 0.3) is 0 Å². The summed E-state index contributed by atoms with van der Waals surface area (Å²) < 4.78 is 13.9. The standard InChI is InChI=1S/C54H68N2O2/c1-2-16-40(38-14-8-12-34(30-38)36-26-28-46-44(32-36)42-18-10-24-52-54(42)56(46)48-20-4-6-22-50(48)58-52)39(15-1)37-13-7-11-33(29-37)35-25-27-45-43(31-35)41-17-9-23-51-53(41)55(45)47-19-3-5-21-49(47)57-51/h1-2,7-8,11-16,29-30,35-36,41-54H,3-6,9-10,17-28,31-32H2. The van der Waals surface area contributed by atoms with Crippen molar-refractivity contribution in [1.29, 1.82) is 0 Å². The van der Waals surface area contributed by atoms with Crippen LogP contribution in [0, 0.1) is 23.7 Å². The van der Waals surface area contributed by atoms with Gasteiger partial charge in [-0.1, -0.05) is 111 Å². The van der Waals surface area contributed by atoms with Crippen LogP contribution in [0.1, 0.15) is 151 Å². The minimum absolute atomic E-state index is 0.500. The second-order valence-electron chi connectivity index (χ2n) is 21.5. The second-order valence-corrected chi connectivity index (χ2v) is 21.5. The minimum atomic E-state index is 0.500. The molecular weight excluding hydrogens is 709 g/mol. The van der Waals surface area contributed by atoms with E-state index in [-0.39, 0.29) is 0 Å². The van der Waals surface area contributed by atoms with Crippen LogP contribution in [0.15, 0.2) is 72.8 Å². The molecule has 10 fully saturated rings. The van der Waals surface area contributed by atoms with Gasteiger partial charge in [0.1, 0.15) is 0 Å². The number of ether oxygens (including phenoxy) is 2. The third-order valence-corrected chi connectivity index (χ3v) is 19.0. The molecule has 10 aliphatic rings. The SMILES string of the molecule is c1cc(-c2ccccc2-c2cccc(C3CCC4C(C3)C3CCCC5OC6CCCCC6N4C53)c2)cc(C2CCC3C(C2)C2CCCC4OC5CCCCC5N3C42)c1. The van der Waals surface area contributed by atoms with E-state index in [4.69, 9.17) is 9.47 Å². The normalized spacial score (nSPS) is 44.3. The van der Waals surface area contributed by atoms with E-state index in [9.17, 15) is 0 Å². The minimum Gasteiger partial charge on any atom is -0.372 e. The molecule has 0 spiro atoms. The summed E-state index contributed by atoms with van der Waals surface area (Å²) in [5.74, 6) is 4.70. The Balaban J connectivity index is 0.753. The highest BCUT2D eigenvalue weighted by Gasteiger charge is 2.61. The fourth-order valence-electron chi connectivity index (χ4n) is 16.9. The van der Waals surface area contributed by atoms with Gasteiger partial charge in [0.05, 0.1) is 24.4 Å². The lowest BCUT2D eigenvalue weighted by Crippen LogP contribution is -2.63. The molecule has 0 N–H and O–H groups in total. The van der Waals surface area contributed by atoms with Gasteiger partial charge in [0, 0.05) is 36.3 Å². The zero-order valence-electron chi connectivity index (χ0n) is 35.0. The van der Waals surface area contributed by atoms with Crippen molar-refractivity contribution in [2.24, 2.45) is 23.7 Å². The highest BCUT2D eigenvalue weighted by atomic mass is 16.5. The van der Waals surface area contributed by atoms with Gasteiger partial charge in [-0.3, -0.25) is 9.80 Å². The lowest BCUT2D eigenvalue weighted by atomic mass is 9.68. The molecule has 0 radical (unpaired) electrons. The number of hydrogen-bond acceptors (Lipinski definition) is 4. The van der Waals surface area contributed by atoms with Crippen LogP contribution in [-0.4, -0.2) is 70.5 Å². The van der Waals surface area contributed by atoms with Gasteiger partial charge < -0.3 is 9.47 Å². The molecule has 4 nitrogen and oxygen atoms in total. The first-order valence-electron chi connectivity index (χ1n) is 24.9. The van der Waals surface area contributed by atoms with Crippen molar-refractivity contribution in [3.05, 3.63) is 83.9 Å². The van der Waals surface area contributed by atoms with Gasteiger partial charge in [-0.05, 0) is 159 Å². The van der Waals surface area contributed by atoms with Crippen LogP contribution in [0.3, 0.4) is 0 Å². The molecule has 13 rings (SSSR count). The Labute approximate surface area is 348 Å². The molecule has 16 atom stereocenters. The fourth-order valence-corrected chi connectivity index (χ4v) is 16.9. The summed E-state index contributed by atoms with van der Waals surface area (Å²) in [7, 11) is 0. The highest BCUT2D eigenvalue weighted by Crippen LogP contribution is 2.58. The van der Waals surface area contributed by atoms with E-state index in [2.05, 4.69) is 82.6 Å². The predicted molar refractivity (Wildman–Crippen MR) is 233 cm³/mol. The molecule has 3 aromatic rings. The summed E-state index contributed by atoms with van der Waals surface area (Å²) in [6, 6.07) is 33.4. The van der Waals surface area contributed by atoms with Crippen molar-refractivity contribution >= 4 is 0 Å². The van der Waals surface area contributed by atoms with E-state index in [0.29, 0.717) is 60.4 Å². The molecule has 16 unspecified atom stereocenters. The first kappa shape index (κ1) is 36.2. The zero-order valence-corrected chi connectivity index (χ0v) is 35.0. The molecule has 3 aromatic carbocycles. The molecule has 6 aliphatic carbocycles.